The fourth-order valence-corrected chi connectivity index (χ4v) is 1.71. The van der Waals surface area contributed by atoms with Crippen LogP contribution in [0, 0.1) is 10.1 Å². The normalized spacial score (nSPS) is 10.0. The summed E-state index contributed by atoms with van der Waals surface area (Å²) in [4.78, 5) is 21.3. The fraction of sp³-hybridized carbons (Fsp3) is 0.462. The molecule has 1 rings (SSSR count). The number of nitro benzene ring substituents is 1. The molecule has 0 heterocycles. The Balaban J connectivity index is 2.41. The molecule has 0 bridgehead atoms. The van der Waals surface area contributed by atoms with Gasteiger partial charge in [0.1, 0.15) is 5.75 Å². The van der Waals surface area contributed by atoms with Gasteiger partial charge in [0.15, 0.2) is 5.75 Å². The highest BCUT2D eigenvalue weighted by Gasteiger charge is 2.16. The number of nitrogens with zero attached hydrogens (tertiary/aromatic N) is 1. The number of nitrogens with two attached hydrogens (primary N) is 1. The summed E-state index contributed by atoms with van der Waals surface area (Å²) >= 11 is 0. The van der Waals surface area contributed by atoms with Crippen molar-refractivity contribution in [1.29, 1.82) is 0 Å². The zero-order valence-electron chi connectivity index (χ0n) is 11.8. The van der Waals surface area contributed by atoms with Crippen LogP contribution in [0.1, 0.15) is 25.7 Å². The molecule has 1 aromatic carbocycles. The summed E-state index contributed by atoms with van der Waals surface area (Å²) in [6.45, 7) is 0.345. The molecule has 1 aromatic rings. The second kappa shape index (κ2) is 8.75. The molecule has 0 saturated heterocycles. The molecule has 0 unspecified atom stereocenters. The summed E-state index contributed by atoms with van der Waals surface area (Å²) in [5.74, 6) is 5.37. The lowest BCUT2D eigenvalue weighted by atomic mass is 10.2. The Morgan fingerprint density at radius 3 is 2.76 bits per heavy atom. The van der Waals surface area contributed by atoms with Crippen LogP contribution in [0.15, 0.2) is 18.2 Å². The molecule has 0 aliphatic carbocycles. The molecule has 0 saturated carbocycles. The number of methoxy groups -OCH3 is 1. The summed E-state index contributed by atoms with van der Waals surface area (Å²) in [6.07, 6.45) is 2.52. The van der Waals surface area contributed by atoms with E-state index in [4.69, 9.17) is 15.3 Å². The summed E-state index contributed by atoms with van der Waals surface area (Å²) < 4.78 is 10.4. The van der Waals surface area contributed by atoms with Crippen molar-refractivity contribution >= 4 is 11.6 Å². The fourth-order valence-electron chi connectivity index (χ4n) is 1.71. The van der Waals surface area contributed by atoms with Crippen molar-refractivity contribution in [3.63, 3.8) is 0 Å². The molecular weight excluding hydrogens is 278 g/mol. The third kappa shape index (κ3) is 5.65. The Labute approximate surface area is 122 Å². The number of hydrogen-bond acceptors (Lipinski definition) is 6. The quantitative estimate of drug-likeness (QED) is 0.235. The van der Waals surface area contributed by atoms with Gasteiger partial charge in [-0.25, -0.2) is 5.84 Å². The maximum Gasteiger partial charge on any atom is 0.314 e. The first-order chi connectivity index (χ1) is 10.1. The predicted octanol–water partition coefficient (Wildman–Crippen LogP) is 1.53. The number of hydrazine groups is 1. The van der Waals surface area contributed by atoms with Crippen LogP contribution in [0.2, 0.25) is 0 Å². The topological polar surface area (TPSA) is 117 Å². The van der Waals surface area contributed by atoms with Crippen LogP contribution < -0.4 is 20.7 Å². The molecule has 0 aliphatic rings. The SMILES string of the molecule is COc1ccc(OCCCCCC(=O)NN)c([N+](=O)[O-])c1. The molecule has 3 N–H and O–H groups in total. The third-order valence-electron chi connectivity index (χ3n) is 2.83. The van der Waals surface area contributed by atoms with Gasteiger partial charge in [-0.1, -0.05) is 0 Å². The van der Waals surface area contributed by atoms with Crippen LogP contribution in [-0.4, -0.2) is 24.5 Å². The lowest BCUT2D eigenvalue weighted by Crippen LogP contribution is -2.29. The monoisotopic (exact) mass is 297 g/mol. The van der Waals surface area contributed by atoms with E-state index in [9.17, 15) is 14.9 Å². The van der Waals surface area contributed by atoms with Crippen LogP contribution >= 0.6 is 0 Å². The van der Waals surface area contributed by atoms with Gasteiger partial charge in [0, 0.05) is 6.42 Å². The highest BCUT2D eigenvalue weighted by Crippen LogP contribution is 2.31. The molecule has 0 aromatic heterocycles. The maximum atomic E-state index is 10.9. The van der Waals surface area contributed by atoms with Crippen molar-refractivity contribution in [3.8, 4) is 11.5 Å². The van der Waals surface area contributed by atoms with E-state index in [2.05, 4.69) is 5.43 Å². The zero-order chi connectivity index (χ0) is 15.7. The van der Waals surface area contributed by atoms with E-state index in [1.165, 1.54) is 19.2 Å². The van der Waals surface area contributed by atoms with Crippen molar-refractivity contribution in [2.75, 3.05) is 13.7 Å². The molecular formula is C13H19N3O5. The lowest BCUT2D eigenvalue weighted by Gasteiger charge is -2.08. The summed E-state index contributed by atoms with van der Waals surface area (Å²) in [5.41, 5.74) is 1.93. The summed E-state index contributed by atoms with van der Waals surface area (Å²) in [7, 11) is 1.44. The first-order valence-corrected chi connectivity index (χ1v) is 6.53. The second-order valence-electron chi connectivity index (χ2n) is 4.32. The van der Waals surface area contributed by atoms with Gasteiger partial charge in [-0.2, -0.15) is 0 Å². The van der Waals surface area contributed by atoms with E-state index in [0.29, 0.717) is 31.6 Å². The van der Waals surface area contributed by atoms with Crippen LogP contribution in [0.25, 0.3) is 0 Å². The summed E-state index contributed by atoms with van der Waals surface area (Å²) in [6, 6.07) is 4.44. The minimum Gasteiger partial charge on any atom is -0.496 e. The number of nitro groups is 1. The van der Waals surface area contributed by atoms with Gasteiger partial charge < -0.3 is 9.47 Å². The Hall–Kier alpha value is -2.35. The van der Waals surface area contributed by atoms with Crippen LogP contribution in [0.4, 0.5) is 5.69 Å². The van der Waals surface area contributed by atoms with E-state index in [1.807, 2.05) is 0 Å². The largest absolute Gasteiger partial charge is 0.496 e. The van der Waals surface area contributed by atoms with Crippen LogP contribution in [0.3, 0.4) is 0 Å². The number of amides is 1. The number of rotatable bonds is 9. The molecule has 21 heavy (non-hydrogen) atoms. The van der Waals surface area contributed by atoms with Crippen molar-refractivity contribution in [3.05, 3.63) is 28.3 Å². The van der Waals surface area contributed by atoms with Gasteiger partial charge in [0.05, 0.1) is 24.7 Å². The average molecular weight is 297 g/mol. The predicted molar refractivity (Wildman–Crippen MR) is 75.9 cm³/mol. The van der Waals surface area contributed by atoms with Crippen molar-refractivity contribution in [2.24, 2.45) is 5.84 Å². The molecule has 1 amide bonds. The lowest BCUT2D eigenvalue weighted by molar-refractivity contribution is -0.385. The molecule has 0 aliphatic heterocycles. The number of benzene rings is 1. The van der Waals surface area contributed by atoms with Gasteiger partial charge in [-0.05, 0) is 31.4 Å². The Kier molecular flexibility index (Phi) is 6.96. The second-order valence-corrected chi connectivity index (χ2v) is 4.32. The van der Waals surface area contributed by atoms with Crippen molar-refractivity contribution < 1.29 is 19.2 Å². The van der Waals surface area contributed by atoms with E-state index in [0.717, 1.165) is 6.42 Å². The highest BCUT2D eigenvalue weighted by molar-refractivity contribution is 5.75. The Morgan fingerprint density at radius 1 is 1.38 bits per heavy atom. The van der Waals surface area contributed by atoms with Gasteiger partial charge >= 0.3 is 5.69 Å². The molecule has 116 valence electrons. The van der Waals surface area contributed by atoms with Crippen molar-refractivity contribution in [1.82, 2.24) is 5.43 Å². The van der Waals surface area contributed by atoms with Crippen LogP contribution in [-0.2, 0) is 4.79 Å². The van der Waals surface area contributed by atoms with E-state index in [1.54, 1.807) is 6.07 Å². The van der Waals surface area contributed by atoms with E-state index < -0.39 is 4.92 Å². The average Bonchev–Trinajstić information content (AvgIpc) is 2.50. The third-order valence-corrected chi connectivity index (χ3v) is 2.83. The molecule has 0 atom stereocenters. The highest BCUT2D eigenvalue weighted by atomic mass is 16.6. The smallest absolute Gasteiger partial charge is 0.314 e. The number of carbonyl (C=O) groups excluding carboxylic acids is 1. The first kappa shape index (κ1) is 16.7. The Bertz CT molecular complexity index is 493. The number of ether oxygens (including phenoxy) is 2. The van der Waals surface area contributed by atoms with Gasteiger partial charge in [-0.3, -0.25) is 20.3 Å². The van der Waals surface area contributed by atoms with Gasteiger partial charge in [0.25, 0.3) is 0 Å². The zero-order valence-corrected chi connectivity index (χ0v) is 11.8. The minimum absolute atomic E-state index is 0.128. The van der Waals surface area contributed by atoms with Gasteiger partial charge in [0.2, 0.25) is 5.91 Å². The minimum atomic E-state index is -0.510. The standard InChI is InChI=1S/C13H19N3O5/c1-20-10-6-7-12(11(9-10)16(18)19)21-8-4-2-3-5-13(17)15-14/h6-7,9H,2-5,8,14H2,1H3,(H,15,17). The number of nitrogens with one attached hydrogen (secondary N) is 1. The number of hydrogen-bond donors (Lipinski definition) is 2. The molecule has 0 spiro atoms. The number of carbonyl (C=O) groups is 1. The van der Waals surface area contributed by atoms with E-state index >= 15 is 0 Å². The summed E-state index contributed by atoms with van der Waals surface area (Å²) in [5, 5.41) is 10.9. The molecule has 0 radical (unpaired) electrons. The van der Waals surface area contributed by atoms with Gasteiger partial charge in [-0.15, -0.1) is 0 Å². The molecule has 8 heteroatoms. The molecule has 0 fully saturated rings. The van der Waals surface area contributed by atoms with Crippen LogP contribution in [0.5, 0.6) is 11.5 Å². The first-order valence-electron chi connectivity index (χ1n) is 6.53. The number of unbranched alkanes of at least 4 members (excludes halogenated alkanes) is 2. The Morgan fingerprint density at radius 2 is 2.14 bits per heavy atom. The van der Waals surface area contributed by atoms with Crippen molar-refractivity contribution in [2.45, 2.75) is 25.7 Å². The maximum absolute atomic E-state index is 10.9. The van der Waals surface area contributed by atoms with E-state index in [-0.39, 0.29) is 17.3 Å². The molecule has 8 nitrogen and oxygen atoms in total.